The molecular weight excluding hydrogens is 565 g/mol. The zero-order valence-corrected chi connectivity index (χ0v) is 23.2. The molecule has 0 spiro atoms. The number of ether oxygens (including phenoxy) is 4. The molecule has 0 bridgehead atoms. The van der Waals surface area contributed by atoms with Crippen LogP contribution in [0, 0.1) is 0 Å². The van der Waals surface area contributed by atoms with Gasteiger partial charge in [0.1, 0.15) is 18.4 Å². The summed E-state index contributed by atoms with van der Waals surface area (Å²) in [5.41, 5.74) is 0.0614. The maximum Gasteiger partial charge on any atom is 0.389 e. The Bertz CT molecular complexity index is 1130. The van der Waals surface area contributed by atoms with E-state index in [0.29, 0.717) is 52.3 Å². The molecular formula is C28H35F3N2O9. The van der Waals surface area contributed by atoms with E-state index in [1.54, 1.807) is 0 Å². The van der Waals surface area contributed by atoms with E-state index < -0.39 is 42.3 Å². The Labute approximate surface area is 241 Å². The molecule has 0 saturated carbocycles. The largest absolute Gasteiger partial charge is 0.485 e. The molecule has 1 unspecified atom stereocenters. The summed E-state index contributed by atoms with van der Waals surface area (Å²) >= 11 is 0. The average Bonchev–Trinajstić information content (AvgIpc) is 3.19. The number of hydrogen-bond donors (Lipinski definition) is 1. The fourth-order valence-corrected chi connectivity index (χ4v) is 4.43. The van der Waals surface area contributed by atoms with Crippen LogP contribution in [0.3, 0.4) is 0 Å². The minimum Gasteiger partial charge on any atom is -0.485 e. The van der Waals surface area contributed by atoms with Gasteiger partial charge in [0.05, 0.1) is 37.6 Å². The van der Waals surface area contributed by atoms with Crippen LogP contribution < -0.4 is 10.1 Å². The highest BCUT2D eigenvalue weighted by Gasteiger charge is 2.46. The van der Waals surface area contributed by atoms with Crippen LogP contribution in [0.1, 0.15) is 72.1 Å². The lowest BCUT2D eigenvalue weighted by Gasteiger charge is -2.27. The van der Waals surface area contributed by atoms with Gasteiger partial charge in [-0.05, 0) is 44.2 Å². The first-order valence-electron chi connectivity index (χ1n) is 13.9. The van der Waals surface area contributed by atoms with Gasteiger partial charge in [-0.1, -0.05) is 6.07 Å². The summed E-state index contributed by atoms with van der Waals surface area (Å²) in [6, 6.07) is 3.35. The molecule has 0 aromatic heterocycles. The zero-order valence-electron chi connectivity index (χ0n) is 23.2. The Kier molecular flexibility index (Phi) is 12.9. The number of halogens is 3. The van der Waals surface area contributed by atoms with Crippen LogP contribution in [0.2, 0.25) is 0 Å². The lowest BCUT2D eigenvalue weighted by Crippen LogP contribution is -2.54. The van der Waals surface area contributed by atoms with E-state index in [1.807, 2.05) is 0 Å². The van der Waals surface area contributed by atoms with E-state index in [9.17, 15) is 37.1 Å². The van der Waals surface area contributed by atoms with E-state index in [1.165, 1.54) is 18.2 Å². The molecule has 2 aliphatic heterocycles. The fraction of sp³-hybridized carbons (Fsp3) is 0.607. The molecule has 14 heteroatoms. The SMILES string of the molecule is O=C(CCCCOCCOCCOCCCCC(F)(F)F)COc1cccc2c1C(=O)N(C1CCC(=O)NC1=O)C2=O. The number of unbranched alkanes of at least 4 members (excludes halogenated alkanes) is 2. The highest BCUT2D eigenvalue weighted by molar-refractivity contribution is 6.24. The Hall–Kier alpha value is -3.36. The smallest absolute Gasteiger partial charge is 0.389 e. The molecule has 3 rings (SSSR count). The van der Waals surface area contributed by atoms with Crippen LogP contribution in [0.15, 0.2) is 18.2 Å². The number of amides is 4. The number of benzene rings is 1. The molecule has 4 amide bonds. The molecule has 0 aliphatic carbocycles. The summed E-state index contributed by atoms with van der Waals surface area (Å²) in [4.78, 5) is 62.8. The number of alkyl halides is 3. The number of nitrogens with zero attached hydrogens (tertiary/aromatic N) is 1. The number of hydrogen-bond acceptors (Lipinski definition) is 9. The standard InChI is InChI=1S/C28H35F3N2O9/c29-28(30,31)11-2-4-13-40-15-17-41-16-14-39-12-3-1-6-19(34)18-42-22-8-5-7-20-24(22)27(38)33(26(20)37)21-9-10-23(35)32-25(21)36/h5,7-8,21H,1-4,6,9-18H2,(H,32,35,36). The van der Waals surface area contributed by atoms with Gasteiger partial charge in [-0.15, -0.1) is 0 Å². The minimum atomic E-state index is -4.13. The van der Waals surface area contributed by atoms with Gasteiger partial charge in [0.25, 0.3) is 11.8 Å². The molecule has 2 aliphatic rings. The summed E-state index contributed by atoms with van der Waals surface area (Å²) in [7, 11) is 0. The monoisotopic (exact) mass is 600 g/mol. The Morgan fingerprint density at radius 2 is 1.52 bits per heavy atom. The summed E-state index contributed by atoms with van der Waals surface area (Å²) in [5.74, 6) is -2.66. The highest BCUT2D eigenvalue weighted by Crippen LogP contribution is 2.33. The maximum atomic E-state index is 13.1. The maximum absolute atomic E-state index is 13.1. The van der Waals surface area contributed by atoms with Crippen molar-refractivity contribution in [1.82, 2.24) is 10.2 Å². The van der Waals surface area contributed by atoms with Crippen LogP contribution in [-0.4, -0.2) is 92.8 Å². The first kappa shape index (κ1) is 33.1. The quantitative estimate of drug-likeness (QED) is 0.188. The number of carbonyl (C=O) groups is 5. The van der Waals surface area contributed by atoms with Crippen molar-refractivity contribution in [3.05, 3.63) is 29.3 Å². The second-order valence-corrected chi connectivity index (χ2v) is 9.82. The Morgan fingerprint density at radius 3 is 2.17 bits per heavy atom. The Balaban J connectivity index is 1.25. The van der Waals surface area contributed by atoms with Gasteiger partial charge in [-0.3, -0.25) is 34.2 Å². The third kappa shape index (κ3) is 10.2. The molecule has 1 aromatic rings. The Morgan fingerprint density at radius 1 is 0.881 bits per heavy atom. The van der Waals surface area contributed by atoms with Crippen molar-refractivity contribution in [2.45, 2.75) is 63.6 Å². The van der Waals surface area contributed by atoms with Gasteiger partial charge in [0.2, 0.25) is 11.8 Å². The number of ketones is 1. The normalized spacial score (nSPS) is 17.0. The second-order valence-electron chi connectivity index (χ2n) is 9.82. The summed E-state index contributed by atoms with van der Waals surface area (Å²) < 4.78 is 57.7. The van der Waals surface area contributed by atoms with Crippen LogP contribution >= 0.6 is 0 Å². The number of carbonyl (C=O) groups excluding carboxylic acids is 5. The van der Waals surface area contributed by atoms with Crippen molar-refractivity contribution in [3.8, 4) is 5.75 Å². The molecule has 0 radical (unpaired) electrons. The van der Waals surface area contributed by atoms with E-state index >= 15 is 0 Å². The van der Waals surface area contributed by atoms with Crippen molar-refractivity contribution in [2.75, 3.05) is 46.2 Å². The predicted molar refractivity (Wildman–Crippen MR) is 140 cm³/mol. The number of imide groups is 2. The third-order valence-corrected chi connectivity index (χ3v) is 6.56. The lowest BCUT2D eigenvalue weighted by atomic mass is 10.0. The van der Waals surface area contributed by atoms with Crippen molar-refractivity contribution in [3.63, 3.8) is 0 Å². The van der Waals surface area contributed by atoms with E-state index in [0.717, 1.165) is 4.90 Å². The molecule has 42 heavy (non-hydrogen) atoms. The topological polar surface area (TPSA) is 138 Å². The van der Waals surface area contributed by atoms with E-state index in [2.05, 4.69) is 5.32 Å². The van der Waals surface area contributed by atoms with Gasteiger partial charge >= 0.3 is 6.18 Å². The van der Waals surface area contributed by atoms with Gasteiger partial charge in [0.15, 0.2) is 5.78 Å². The molecule has 1 saturated heterocycles. The summed E-state index contributed by atoms with van der Waals surface area (Å²) in [6.45, 7) is 1.69. The van der Waals surface area contributed by atoms with Gasteiger partial charge < -0.3 is 18.9 Å². The number of Topliss-reactive ketones (excluding diaryl/α,β-unsaturated/α-hetero) is 1. The zero-order chi connectivity index (χ0) is 30.5. The van der Waals surface area contributed by atoms with Crippen molar-refractivity contribution in [1.29, 1.82) is 0 Å². The third-order valence-electron chi connectivity index (χ3n) is 6.56. The van der Waals surface area contributed by atoms with Gasteiger partial charge in [-0.2, -0.15) is 13.2 Å². The first-order valence-corrected chi connectivity index (χ1v) is 13.9. The minimum absolute atomic E-state index is 0.0110. The van der Waals surface area contributed by atoms with E-state index in [4.69, 9.17) is 18.9 Å². The highest BCUT2D eigenvalue weighted by atomic mass is 19.4. The average molecular weight is 601 g/mol. The van der Waals surface area contributed by atoms with Crippen molar-refractivity contribution >= 4 is 29.4 Å². The van der Waals surface area contributed by atoms with Crippen LogP contribution in [0.5, 0.6) is 5.75 Å². The number of nitrogens with one attached hydrogen (secondary N) is 1. The van der Waals surface area contributed by atoms with Crippen molar-refractivity contribution in [2.24, 2.45) is 0 Å². The van der Waals surface area contributed by atoms with E-state index in [-0.39, 0.29) is 61.6 Å². The first-order chi connectivity index (χ1) is 20.1. The molecule has 11 nitrogen and oxygen atoms in total. The van der Waals surface area contributed by atoms with Crippen LogP contribution in [0.25, 0.3) is 0 Å². The number of piperidine rings is 1. The number of fused-ring (bicyclic) bond motifs is 1. The van der Waals surface area contributed by atoms with Gasteiger partial charge in [0, 0.05) is 32.5 Å². The molecule has 232 valence electrons. The lowest BCUT2D eigenvalue weighted by molar-refractivity contribution is -0.137. The fourth-order valence-electron chi connectivity index (χ4n) is 4.43. The molecule has 1 atom stereocenters. The second kappa shape index (κ2) is 16.3. The van der Waals surface area contributed by atoms with Crippen molar-refractivity contribution < 1.29 is 56.1 Å². The number of rotatable bonds is 19. The molecule has 1 aromatic carbocycles. The molecule has 2 heterocycles. The predicted octanol–water partition coefficient (Wildman–Crippen LogP) is 2.99. The molecule has 1 fully saturated rings. The summed E-state index contributed by atoms with van der Waals surface area (Å²) in [5, 5.41) is 2.14. The van der Waals surface area contributed by atoms with Crippen LogP contribution in [-0.2, 0) is 28.6 Å². The molecule has 1 N–H and O–H groups in total. The van der Waals surface area contributed by atoms with Gasteiger partial charge in [-0.25, -0.2) is 0 Å². The van der Waals surface area contributed by atoms with Crippen LogP contribution in [0.4, 0.5) is 13.2 Å². The summed E-state index contributed by atoms with van der Waals surface area (Å²) in [6.07, 6.45) is -3.09.